The Labute approximate surface area is 167 Å². The molecule has 1 heterocycles. The van der Waals surface area contributed by atoms with Gasteiger partial charge in [-0.05, 0) is 44.0 Å². The lowest BCUT2D eigenvalue weighted by Crippen LogP contribution is -2.19. The number of nitrogens with zero attached hydrogens (tertiary/aromatic N) is 2. The standard InChI is InChI=1S/C21H24F2N4O2/c1-4-13(29-5-2)10-27-11-25-20-17(27)9-14(21(24)28)19(18(20)23)26-16-7-6-12(3)8-15(16)22/h6-9,11,13,26H,4-5,10H2,1-3H3,(H2,24,28). The second-order valence-electron chi connectivity index (χ2n) is 6.84. The fourth-order valence-corrected chi connectivity index (χ4v) is 3.23. The monoisotopic (exact) mass is 402 g/mol. The van der Waals surface area contributed by atoms with Crippen LogP contribution >= 0.6 is 0 Å². The molecule has 3 rings (SSSR count). The lowest BCUT2D eigenvalue weighted by atomic mass is 10.1. The number of nitrogens with two attached hydrogens (primary N) is 1. The Balaban J connectivity index is 2.08. The Kier molecular flexibility index (Phi) is 6.12. The minimum absolute atomic E-state index is 0.0400. The first-order chi connectivity index (χ1) is 13.8. The number of primary amides is 1. The van der Waals surface area contributed by atoms with E-state index in [1.165, 1.54) is 24.5 Å². The molecule has 1 atom stereocenters. The van der Waals surface area contributed by atoms with Gasteiger partial charge in [-0.2, -0.15) is 0 Å². The minimum Gasteiger partial charge on any atom is -0.377 e. The molecule has 2 aromatic carbocycles. The third-order valence-corrected chi connectivity index (χ3v) is 4.76. The zero-order valence-electron chi connectivity index (χ0n) is 16.6. The number of hydrogen-bond acceptors (Lipinski definition) is 4. The van der Waals surface area contributed by atoms with Crippen molar-refractivity contribution in [2.75, 3.05) is 11.9 Å². The van der Waals surface area contributed by atoms with Gasteiger partial charge in [-0.15, -0.1) is 0 Å². The van der Waals surface area contributed by atoms with Crippen LogP contribution in [0.4, 0.5) is 20.2 Å². The van der Waals surface area contributed by atoms with Gasteiger partial charge in [-0.3, -0.25) is 4.79 Å². The van der Waals surface area contributed by atoms with Gasteiger partial charge < -0.3 is 20.4 Å². The molecule has 1 aromatic heterocycles. The minimum atomic E-state index is -0.828. The summed E-state index contributed by atoms with van der Waals surface area (Å²) in [5.74, 6) is -2.15. The van der Waals surface area contributed by atoms with Crippen molar-refractivity contribution in [3.05, 3.63) is 53.4 Å². The quantitative estimate of drug-likeness (QED) is 0.589. The number of benzene rings is 2. The number of carbonyl (C=O) groups is 1. The number of rotatable bonds is 8. The van der Waals surface area contributed by atoms with Crippen LogP contribution in [0, 0.1) is 18.6 Å². The highest BCUT2D eigenvalue weighted by Crippen LogP contribution is 2.32. The lowest BCUT2D eigenvalue weighted by molar-refractivity contribution is 0.0487. The molecule has 6 nitrogen and oxygen atoms in total. The van der Waals surface area contributed by atoms with Gasteiger partial charge in [0.15, 0.2) is 5.82 Å². The molecular weight excluding hydrogens is 378 g/mol. The number of fused-ring (bicyclic) bond motifs is 1. The van der Waals surface area contributed by atoms with Crippen LogP contribution in [0.25, 0.3) is 11.0 Å². The number of ether oxygens (including phenoxy) is 1. The maximum absolute atomic E-state index is 15.3. The van der Waals surface area contributed by atoms with Gasteiger partial charge in [0.2, 0.25) is 0 Å². The topological polar surface area (TPSA) is 82.2 Å². The van der Waals surface area contributed by atoms with Crippen molar-refractivity contribution >= 4 is 28.3 Å². The van der Waals surface area contributed by atoms with Crippen LogP contribution in [0.3, 0.4) is 0 Å². The summed E-state index contributed by atoms with van der Waals surface area (Å²) < 4.78 is 36.9. The van der Waals surface area contributed by atoms with Crippen LogP contribution in [-0.4, -0.2) is 28.2 Å². The second-order valence-corrected chi connectivity index (χ2v) is 6.84. The molecule has 0 saturated heterocycles. The fraction of sp³-hybridized carbons (Fsp3) is 0.333. The highest BCUT2D eigenvalue weighted by molar-refractivity contribution is 6.03. The van der Waals surface area contributed by atoms with Crippen LogP contribution in [0.5, 0.6) is 0 Å². The largest absolute Gasteiger partial charge is 0.377 e. The average Bonchev–Trinajstić information content (AvgIpc) is 3.08. The number of halogens is 2. The number of imidazole rings is 1. The van der Waals surface area contributed by atoms with Gasteiger partial charge >= 0.3 is 0 Å². The van der Waals surface area contributed by atoms with E-state index in [1.54, 1.807) is 17.6 Å². The predicted octanol–water partition coefficient (Wildman–Crippen LogP) is 4.28. The van der Waals surface area contributed by atoms with Crippen molar-refractivity contribution in [1.82, 2.24) is 9.55 Å². The van der Waals surface area contributed by atoms with Crippen LogP contribution in [-0.2, 0) is 11.3 Å². The van der Waals surface area contributed by atoms with Crippen molar-refractivity contribution in [3.8, 4) is 0 Å². The molecule has 0 aliphatic carbocycles. The number of aryl methyl sites for hydroxylation is 1. The zero-order valence-corrected chi connectivity index (χ0v) is 16.6. The van der Waals surface area contributed by atoms with E-state index in [9.17, 15) is 9.18 Å². The van der Waals surface area contributed by atoms with Gasteiger partial charge in [0.25, 0.3) is 5.91 Å². The molecule has 3 N–H and O–H groups in total. The third-order valence-electron chi connectivity index (χ3n) is 4.76. The first-order valence-electron chi connectivity index (χ1n) is 9.47. The number of hydrogen-bond donors (Lipinski definition) is 2. The van der Waals surface area contributed by atoms with E-state index in [-0.39, 0.29) is 28.6 Å². The summed E-state index contributed by atoms with van der Waals surface area (Å²) in [5.41, 5.74) is 6.46. The summed E-state index contributed by atoms with van der Waals surface area (Å²) >= 11 is 0. The lowest BCUT2D eigenvalue weighted by Gasteiger charge is -2.17. The van der Waals surface area contributed by atoms with Crippen molar-refractivity contribution in [1.29, 1.82) is 0 Å². The van der Waals surface area contributed by atoms with Gasteiger partial charge in [-0.25, -0.2) is 13.8 Å². The Morgan fingerprint density at radius 2 is 2.07 bits per heavy atom. The van der Waals surface area contributed by atoms with E-state index >= 15 is 4.39 Å². The molecule has 0 aliphatic heterocycles. The van der Waals surface area contributed by atoms with Crippen LogP contribution < -0.4 is 11.1 Å². The molecule has 0 spiro atoms. The molecule has 1 unspecified atom stereocenters. The summed E-state index contributed by atoms with van der Waals surface area (Å²) in [6.07, 6.45) is 2.19. The normalized spacial score (nSPS) is 12.3. The molecule has 0 fully saturated rings. The summed E-state index contributed by atoms with van der Waals surface area (Å²) in [6, 6.07) is 5.95. The van der Waals surface area contributed by atoms with Gasteiger partial charge in [0, 0.05) is 6.61 Å². The fourth-order valence-electron chi connectivity index (χ4n) is 3.23. The molecule has 8 heteroatoms. The Bertz CT molecular complexity index is 1050. The molecule has 0 bridgehead atoms. The van der Waals surface area contributed by atoms with E-state index in [2.05, 4.69) is 10.3 Å². The predicted molar refractivity (Wildman–Crippen MR) is 108 cm³/mol. The van der Waals surface area contributed by atoms with Crippen molar-refractivity contribution in [3.63, 3.8) is 0 Å². The Hall–Kier alpha value is -3.00. The molecule has 3 aromatic rings. The van der Waals surface area contributed by atoms with Crippen LogP contribution in [0.1, 0.15) is 36.2 Å². The average molecular weight is 402 g/mol. The van der Waals surface area contributed by atoms with E-state index in [0.29, 0.717) is 18.7 Å². The number of nitrogens with one attached hydrogen (secondary N) is 1. The SMILES string of the molecule is CCOC(CC)Cn1cnc2c(F)c(Nc3ccc(C)cc3F)c(C(N)=O)cc21. The number of amides is 1. The molecule has 154 valence electrons. The summed E-state index contributed by atoms with van der Waals surface area (Å²) in [4.78, 5) is 16.2. The van der Waals surface area contributed by atoms with Crippen molar-refractivity contribution in [2.45, 2.75) is 39.8 Å². The smallest absolute Gasteiger partial charge is 0.251 e. The van der Waals surface area contributed by atoms with E-state index < -0.39 is 17.5 Å². The molecule has 0 aliphatic rings. The van der Waals surface area contributed by atoms with E-state index in [4.69, 9.17) is 10.5 Å². The third kappa shape index (κ3) is 4.22. The Morgan fingerprint density at radius 1 is 1.31 bits per heavy atom. The molecule has 0 saturated carbocycles. The number of aromatic nitrogens is 2. The van der Waals surface area contributed by atoms with E-state index in [0.717, 1.165) is 12.0 Å². The number of anilines is 2. The molecule has 29 heavy (non-hydrogen) atoms. The molecule has 0 radical (unpaired) electrons. The first-order valence-corrected chi connectivity index (χ1v) is 9.47. The molecular formula is C21H24F2N4O2. The maximum atomic E-state index is 15.3. The van der Waals surface area contributed by atoms with Crippen LogP contribution in [0.15, 0.2) is 30.6 Å². The maximum Gasteiger partial charge on any atom is 0.251 e. The highest BCUT2D eigenvalue weighted by atomic mass is 19.1. The summed E-state index contributed by atoms with van der Waals surface area (Å²) in [5, 5.41) is 2.67. The Morgan fingerprint density at radius 3 is 2.69 bits per heavy atom. The van der Waals surface area contributed by atoms with Gasteiger partial charge in [0.05, 0.1) is 41.4 Å². The van der Waals surface area contributed by atoms with Crippen molar-refractivity contribution < 1.29 is 18.3 Å². The van der Waals surface area contributed by atoms with Gasteiger partial charge in [0.1, 0.15) is 11.3 Å². The summed E-state index contributed by atoms with van der Waals surface area (Å²) in [6.45, 7) is 6.65. The second kappa shape index (κ2) is 8.57. The highest BCUT2D eigenvalue weighted by Gasteiger charge is 2.22. The van der Waals surface area contributed by atoms with Crippen molar-refractivity contribution in [2.24, 2.45) is 5.73 Å². The number of carbonyl (C=O) groups excluding carboxylic acids is 1. The van der Waals surface area contributed by atoms with Gasteiger partial charge in [-0.1, -0.05) is 13.0 Å². The van der Waals surface area contributed by atoms with E-state index in [1.807, 2.05) is 13.8 Å². The van der Waals surface area contributed by atoms with Crippen LogP contribution in [0.2, 0.25) is 0 Å². The first kappa shape index (κ1) is 20.7. The summed E-state index contributed by atoms with van der Waals surface area (Å²) in [7, 11) is 0. The molecule has 1 amide bonds. The zero-order chi connectivity index (χ0) is 21.1.